The van der Waals surface area contributed by atoms with Gasteiger partial charge in [-0.15, -0.1) is 6.58 Å². The van der Waals surface area contributed by atoms with Crippen molar-refractivity contribution in [3.63, 3.8) is 0 Å². The molecule has 1 heterocycles. The van der Waals surface area contributed by atoms with Gasteiger partial charge in [0.05, 0.1) is 0 Å². The number of amides is 1. The Morgan fingerprint density at radius 1 is 1.17 bits per heavy atom. The second-order valence-electron chi connectivity index (χ2n) is 5.28. The number of aromatic nitrogens is 1. The number of rotatable bonds is 4. The molecule has 0 bridgehead atoms. The van der Waals surface area contributed by atoms with Crippen molar-refractivity contribution in [1.82, 2.24) is 4.57 Å². The van der Waals surface area contributed by atoms with Crippen LogP contribution in [0.4, 0.5) is 10.1 Å². The number of carbonyl (C=O) groups excluding carboxylic acids is 1. The van der Waals surface area contributed by atoms with E-state index in [0.717, 1.165) is 0 Å². The van der Waals surface area contributed by atoms with Crippen LogP contribution in [0.15, 0.2) is 72.0 Å². The maximum Gasteiger partial charge on any atom is 0.272 e. The summed E-state index contributed by atoms with van der Waals surface area (Å²) in [5.74, 6) is -0.825. The number of nitrogens with one attached hydrogen (secondary N) is 1. The van der Waals surface area contributed by atoms with E-state index in [1.165, 1.54) is 28.8 Å². The molecule has 0 saturated carbocycles. The third kappa shape index (κ3) is 2.96. The number of pyridine rings is 1. The molecule has 4 nitrogen and oxygen atoms in total. The maximum absolute atomic E-state index is 13.0. The Labute approximate surface area is 137 Å². The Kier molecular flexibility index (Phi) is 4.24. The van der Waals surface area contributed by atoms with E-state index in [2.05, 4.69) is 11.9 Å². The number of benzene rings is 2. The summed E-state index contributed by atoms with van der Waals surface area (Å²) in [6.45, 7) is 3.86. The summed E-state index contributed by atoms with van der Waals surface area (Å²) in [5, 5.41) is 3.90. The summed E-state index contributed by atoms with van der Waals surface area (Å²) < 4.78 is 14.3. The van der Waals surface area contributed by atoms with Crippen molar-refractivity contribution < 1.29 is 9.18 Å². The van der Waals surface area contributed by atoms with Crippen molar-refractivity contribution in [2.24, 2.45) is 0 Å². The van der Waals surface area contributed by atoms with Gasteiger partial charge in [-0.05, 0) is 41.8 Å². The number of halogens is 1. The van der Waals surface area contributed by atoms with E-state index < -0.39 is 5.91 Å². The van der Waals surface area contributed by atoms with Gasteiger partial charge < -0.3 is 5.32 Å². The minimum absolute atomic E-state index is 0.218. The van der Waals surface area contributed by atoms with E-state index in [1.54, 1.807) is 36.4 Å². The van der Waals surface area contributed by atoms with E-state index in [9.17, 15) is 14.0 Å². The van der Waals surface area contributed by atoms with Crippen LogP contribution in [0.5, 0.6) is 0 Å². The minimum atomic E-state index is -0.439. The molecule has 0 saturated heterocycles. The van der Waals surface area contributed by atoms with E-state index in [1.807, 2.05) is 0 Å². The number of carbonyl (C=O) groups is 1. The van der Waals surface area contributed by atoms with E-state index in [0.29, 0.717) is 16.5 Å². The van der Waals surface area contributed by atoms with Crippen molar-refractivity contribution in [2.75, 3.05) is 5.32 Å². The van der Waals surface area contributed by atoms with Crippen LogP contribution in [0, 0.1) is 5.82 Å². The van der Waals surface area contributed by atoms with E-state index in [-0.39, 0.29) is 23.6 Å². The third-order valence-corrected chi connectivity index (χ3v) is 3.67. The lowest BCUT2D eigenvalue weighted by molar-refractivity contribution is 0.101. The third-order valence-electron chi connectivity index (χ3n) is 3.67. The summed E-state index contributed by atoms with van der Waals surface area (Å²) in [5.41, 5.74) is 0.423. The van der Waals surface area contributed by atoms with Gasteiger partial charge in [-0.25, -0.2) is 4.39 Å². The molecule has 5 heteroatoms. The number of hydrogen-bond donors (Lipinski definition) is 1. The molecule has 1 amide bonds. The predicted molar refractivity (Wildman–Crippen MR) is 92.8 cm³/mol. The number of nitrogens with zero attached hydrogens (tertiary/aromatic N) is 1. The fourth-order valence-corrected chi connectivity index (χ4v) is 2.52. The Balaban J connectivity index is 2.08. The van der Waals surface area contributed by atoms with Gasteiger partial charge in [-0.2, -0.15) is 0 Å². The van der Waals surface area contributed by atoms with Gasteiger partial charge in [0.15, 0.2) is 0 Å². The van der Waals surface area contributed by atoms with Gasteiger partial charge in [0.25, 0.3) is 11.5 Å². The summed E-state index contributed by atoms with van der Waals surface area (Å²) in [7, 11) is 0. The molecular weight excluding hydrogens is 307 g/mol. The molecule has 0 aliphatic heterocycles. The predicted octanol–water partition coefficient (Wildman–Crippen LogP) is 3.58. The zero-order valence-electron chi connectivity index (χ0n) is 12.8. The molecule has 0 aliphatic carbocycles. The van der Waals surface area contributed by atoms with Crippen LogP contribution in [0.2, 0.25) is 0 Å². The largest absolute Gasteiger partial charge is 0.321 e. The van der Waals surface area contributed by atoms with Gasteiger partial charge in [0.1, 0.15) is 11.5 Å². The minimum Gasteiger partial charge on any atom is -0.321 e. The lowest BCUT2D eigenvalue weighted by atomic mass is 10.1. The Hall–Kier alpha value is -3.21. The molecule has 1 aromatic heterocycles. The van der Waals surface area contributed by atoms with Gasteiger partial charge in [-0.1, -0.05) is 24.3 Å². The maximum atomic E-state index is 13.0. The summed E-state index contributed by atoms with van der Waals surface area (Å²) in [6, 6.07) is 14.2. The molecule has 0 unspecified atom stereocenters. The lowest BCUT2D eigenvalue weighted by Gasteiger charge is -2.13. The van der Waals surface area contributed by atoms with Gasteiger partial charge in [-0.3, -0.25) is 14.2 Å². The average Bonchev–Trinajstić information content (AvgIpc) is 2.59. The quantitative estimate of drug-likeness (QED) is 0.747. The summed E-state index contributed by atoms with van der Waals surface area (Å²) in [6.07, 6.45) is 1.56. The molecule has 0 aliphatic rings. The zero-order chi connectivity index (χ0) is 17.1. The second kappa shape index (κ2) is 6.50. The number of hydrogen-bond acceptors (Lipinski definition) is 2. The van der Waals surface area contributed by atoms with Gasteiger partial charge in [0.2, 0.25) is 0 Å². The number of anilines is 1. The topological polar surface area (TPSA) is 51.1 Å². The van der Waals surface area contributed by atoms with Gasteiger partial charge in [0, 0.05) is 17.6 Å². The van der Waals surface area contributed by atoms with Crippen LogP contribution in [0.25, 0.3) is 10.8 Å². The smallest absolute Gasteiger partial charge is 0.272 e. The summed E-state index contributed by atoms with van der Waals surface area (Å²) >= 11 is 0. The van der Waals surface area contributed by atoms with Crippen molar-refractivity contribution in [3.05, 3.63) is 89.1 Å². The summed E-state index contributed by atoms with van der Waals surface area (Å²) in [4.78, 5) is 25.2. The Morgan fingerprint density at radius 2 is 1.88 bits per heavy atom. The Bertz CT molecular complexity index is 975. The van der Waals surface area contributed by atoms with Crippen molar-refractivity contribution in [2.45, 2.75) is 6.54 Å². The highest BCUT2D eigenvalue weighted by molar-refractivity contribution is 6.05. The first-order valence-corrected chi connectivity index (χ1v) is 7.40. The van der Waals surface area contributed by atoms with Crippen LogP contribution < -0.4 is 10.9 Å². The van der Waals surface area contributed by atoms with Crippen LogP contribution in [0.3, 0.4) is 0 Å². The molecule has 0 atom stereocenters. The van der Waals surface area contributed by atoms with E-state index in [4.69, 9.17) is 0 Å². The number of fused-ring (bicyclic) bond motifs is 1. The molecule has 0 spiro atoms. The highest BCUT2D eigenvalue weighted by Gasteiger charge is 2.15. The number of allylic oxidation sites excluding steroid dienone is 1. The highest BCUT2D eigenvalue weighted by atomic mass is 19.1. The van der Waals surface area contributed by atoms with Crippen molar-refractivity contribution in [3.8, 4) is 0 Å². The first-order valence-electron chi connectivity index (χ1n) is 7.40. The Morgan fingerprint density at radius 3 is 2.58 bits per heavy atom. The SMILES string of the molecule is C=CCn1c(C(=O)Nc2ccc(F)cc2)cc2ccccc2c1=O. The van der Waals surface area contributed by atoms with Crippen LogP contribution in [-0.4, -0.2) is 10.5 Å². The average molecular weight is 322 g/mol. The first-order chi connectivity index (χ1) is 11.6. The molecule has 3 rings (SSSR count). The monoisotopic (exact) mass is 322 g/mol. The van der Waals surface area contributed by atoms with Crippen molar-refractivity contribution >= 4 is 22.4 Å². The fourth-order valence-electron chi connectivity index (χ4n) is 2.52. The zero-order valence-corrected chi connectivity index (χ0v) is 12.8. The normalized spacial score (nSPS) is 10.5. The molecule has 120 valence electrons. The molecule has 2 aromatic carbocycles. The first kappa shape index (κ1) is 15.7. The fraction of sp³-hybridized carbons (Fsp3) is 0.0526. The standard InChI is InChI=1S/C19H15FN2O2/c1-2-11-22-17(12-13-5-3-4-6-16(13)19(22)24)18(23)21-15-9-7-14(20)8-10-15/h2-10,12H,1,11H2,(H,21,23). The molecule has 3 aromatic rings. The van der Waals surface area contributed by atoms with E-state index >= 15 is 0 Å². The molecule has 1 N–H and O–H groups in total. The molecule has 0 radical (unpaired) electrons. The van der Waals surface area contributed by atoms with Crippen LogP contribution in [0.1, 0.15) is 10.5 Å². The molecule has 24 heavy (non-hydrogen) atoms. The lowest BCUT2D eigenvalue weighted by Crippen LogP contribution is -2.28. The molecule has 0 fully saturated rings. The van der Waals surface area contributed by atoms with Gasteiger partial charge >= 0.3 is 0 Å². The van der Waals surface area contributed by atoms with Crippen molar-refractivity contribution in [1.29, 1.82) is 0 Å². The molecular formula is C19H15FN2O2. The highest BCUT2D eigenvalue weighted by Crippen LogP contribution is 2.15. The second-order valence-corrected chi connectivity index (χ2v) is 5.28. The van der Waals surface area contributed by atoms with Crippen LogP contribution in [-0.2, 0) is 6.54 Å². The van der Waals surface area contributed by atoms with Crippen LogP contribution >= 0.6 is 0 Å².